The Kier molecular flexibility index (Phi) is 4.48. The van der Waals surface area contributed by atoms with Crippen molar-refractivity contribution < 1.29 is 9.18 Å². The van der Waals surface area contributed by atoms with E-state index in [0.717, 1.165) is 25.9 Å². The van der Waals surface area contributed by atoms with Gasteiger partial charge in [0.25, 0.3) is 5.91 Å². The third kappa shape index (κ3) is 3.29. The summed E-state index contributed by atoms with van der Waals surface area (Å²) in [6, 6.07) is 13.2. The second kappa shape index (κ2) is 6.77. The molecule has 0 bridgehead atoms. The van der Waals surface area contributed by atoms with Crippen LogP contribution in [0.15, 0.2) is 42.5 Å². The van der Waals surface area contributed by atoms with E-state index in [1.807, 2.05) is 0 Å². The number of nitrogens with zero attached hydrogens (tertiary/aromatic N) is 2. The van der Waals surface area contributed by atoms with Gasteiger partial charge in [0.2, 0.25) is 0 Å². The largest absolute Gasteiger partial charge is 0.336 e. The predicted molar refractivity (Wildman–Crippen MR) is 96.5 cm³/mol. The fraction of sp³-hybridized carbons (Fsp3) is 0.350. The molecule has 1 amide bonds. The molecule has 0 N–H and O–H groups in total. The second-order valence-corrected chi connectivity index (χ2v) is 7.22. The summed E-state index contributed by atoms with van der Waals surface area (Å²) in [5.41, 5.74) is 2.94. The van der Waals surface area contributed by atoms with Crippen molar-refractivity contribution in [2.24, 2.45) is 0 Å². The molecule has 0 atom stereocenters. The van der Waals surface area contributed by atoms with Crippen LogP contribution in [0.25, 0.3) is 0 Å². The summed E-state index contributed by atoms with van der Waals surface area (Å²) in [5.74, 6) is -0.780. The Bertz CT molecular complexity index is 777. The van der Waals surface area contributed by atoms with Crippen molar-refractivity contribution in [3.05, 3.63) is 70.0 Å². The number of carbonyl (C=O) groups is 1. The highest BCUT2D eigenvalue weighted by atomic mass is 35.5. The van der Waals surface area contributed by atoms with Crippen LogP contribution >= 0.6 is 11.6 Å². The first-order valence-electron chi connectivity index (χ1n) is 8.67. The molecule has 0 spiro atoms. The monoisotopic (exact) mass is 358 g/mol. The zero-order valence-electron chi connectivity index (χ0n) is 13.9. The molecule has 1 aliphatic carbocycles. The van der Waals surface area contributed by atoms with Crippen molar-refractivity contribution >= 4 is 17.5 Å². The van der Waals surface area contributed by atoms with Crippen molar-refractivity contribution in [3.8, 4) is 0 Å². The average molecular weight is 359 g/mol. The number of hydrogen-bond donors (Lipinski definition) is 0. The van der Waals surface area contributed by atoms with E-state index in [1.165, 1.54) is 29.3 Å². The Morgan fingerprint density at radius 1 is 1.00 bits per heavy atom. The van der Waals surface area contributed by atoms with E-state index < -0.39 is 5.82 Å². The van der Waals surface area contributed by atoms with Crippen LogP contribution in [0, 0.1) is 5.82 Å². The standard InChI is InChI=1S/C20H20ClFN2O/c21-16-5-6-19(22)18(13-16)20(25)24-9-7-23(8-10-24)17-11-14-3-1-2-4-15(14)12-17/h1-6,13,17H,7-12H2. The minimum Gasteiger partial charge on any atom is -0.336 e. The normalized spacial score (nSPS) is 18.4. The lowest BCUT2D eigenvalue weighted by Gasteiger charge is -2.38. The Balaban J connectivity index is 1.39. The van der Waals surface area contributed by atoms with Gasteiger partial charge in [0.1, 0.15) is 5.82 Å². The van der Waals surface area contributed by atoms with Gasteiger partial charge in [-0.2, -0.15) is 0 Å². The average Bonchev–Trinajstić information content (AvgIpc) is 3.07. The molecular weight excluding hydrogens is 339 g/mol. The van der Waals surface area contributed by atoms with Gasteiger partial charge in [-0.15, -0.1) is 0 Å². The Labute approximate surface area is 152 Å². The van der Waals surface area contributed by atoms with Gasteiger partial charge in [0.05, 0.1) is 5.56 Å². The van der Waals surface area contributed by atoms with Gasteiger partial charge in [0, 0.05) is 37.2 Å². The minimum atomic E-state index is -0.511. The summed E-state index contributed by atoms with van der Waals surface area (Å²) in [7, 11) is 0. The number of halogens is 2. The number of carbonyl (C=O) groups excluding carboxylic acids is 1. The number of fused-ring (bicyclic) bond motifs is 1. The number of rotatable bonds is 2. The van der Waals surface area contributed by atoms with Gasteiger partial charge in [-0.1, -0.05) is 35.9 Å². The summed E-state index contributed by atoms with van der Waals surface area (Å²) in [6.45, 7) is 2.90. The van der Waals surface area contributed by atoms with E-state index in [1.54, 1.807) is 4.90 Å². The molecule has 2 aliphatic rings. The molecule has 0 radical (unpaired) electrons. The quantitative estimate of drug-likeness (QED) is 0.821. The van der Waals surface area contributed by atoms with E-state index in [-0.39, 0.29) is 11.5 Å². The third-order valence-corrected chi connectivity index (χ3v) is 5.54. The first-order valence-corrected chi connectivity index (χ1v) is 9.05. The summed E-state index contributed by atoms with van der Waals surface area (Å²) in [4.78, 5) is 16.8. The van der Waals surface area contributed by atoms with Crippen molar-refractivity contribution in [1.29, 1.82) is 0 Å². The van der Waals surface area contributed by atoms with Crippen LogP contribution in [0.3, 0.4) is 0 Å². The Hall–Kier alpha value is -1.91. The fourth-order valence-corrected chi connectivity index (χ4v) is 4.09. The summed E-state index contributed by atoms with van der Waals surface area (Å²) >= 11 is 5.91. The lowest BCUT2D eigenvalue weighted by molar-refractivity contribution is 0.0572. The highest BCUT2D eigenvalue weighted by molar-refractivity contribution is 6.31. The SMILES string of the molecule is O=C(c1cc(Cl)ccc1F)N1CCN(C2Cc3ccccc3C2)CC1. The molecule has 1 saturated heterocycles. The van der Waals surface area contributed by atoms with E-state index in [4.69, 9.17) is 11.6 Å². The van der Waals surface area contributed by atoms with Gasteiger partial charge < -0.3 is 4.90 Å². The maximum absolute atomic E-state index is 13.9. The van der Waals surface area contributed by atoms with Crippen molar-refractivity contribution in [2.75, 3.05) is 26.2 Å². The van der Waals surface area contributed by atoms with Gasteiger partial charge in [-0.25, -0.2) is 4.39 Å². The molecule has 3 nitrogen and oxygen atoms in total. The first kappa shape index (κ1) is 16.6. The molecule has 1 aliphatic heterocycles. The van der Waals surface area contributed by atoms with Crippen LogP contribution in [0.1, 0.15) is 21.5 Å². The molecule has 0 unspecified atom stereocenters. The van der Waals surface area contributed by atoms with Crippen LogP contribution in [0.5, 0.6) is 0 Å². The Morgan fingerprint density at radius 2 is 1.64 bits per heavy atom. The zero-order chi connectivity index (χ0) is 17.4. The van der Waals surface area contributed by atoms with Crippen LogP contribution in [0.4, 0.5) is 4.39 Å². The third-order valence-electron chi connectivity index (χ3n) is 5.31. The maximum Gasteiger partial charge on any atom is 0.256 e. The van der Waals surface area contributed by atoms with E-state index in [9.17, 15) is 9.18 Å². The molecular formula is C20H20ClFN2O. The summed E-state index contributed by atoms with van der Waals surface area (Å²) in [5, 5.41) is 0.382. The van der Waals surface area contributed by atoms with Crippen molar-refractivity contribution in [3.63, 3.8) is 0 Å². The molecule has 2 aromatic carbocycles. The number of amides is 1. The van der Waals surface area contributed by atoms with Gasteiger partial charge in [-0.05, 0) is 42.2 Å². The van der Waals surface area contributed by atoms with Crippen molar-refractivity contribution in [2.45, 2.75) is 18.9 Å². The van der Waals surface area contributed by atoms with Gasteiger partial charge in [0.15, 0.2) is 0 Å². The minimum absolute atomic E-state index is 0.0641. The van der Waals surface area contributed by atoms with Crippen molar-refractivity contribution in [1.82, 2.24) is 9.80 Å². The van der Waals surface area contributed by atoms with Gasteiger partial charge >= 0.3 is 0 Å². The van der Waals surface area contributed by atoms with Crippen LogP contribution in [0.2, 0.25) is 5.02 Å². The summed E-state index contributed by atoms with van der Waals surface area (Å²) in [6.07, 6.45) is 2.15. The summed E-state index contributed by atoms with van der Waals surface area (Å²) < 4.78 is 13.9. The molecule has 0 saturated carbocycles. The van der Waals surface area contributed by atoms with E-state index in [0.29, 0.717) is 24.2 Å². The zero-order valence-corrected chi connectivity index (χ0v) is 14.7. The predicted octanol–water partition coefficient (Wildman–Crippen LogP) is 3.40. The van der Waals surface area contributed by atoms with Crippen LogP contribution < -0.4 is 0 Å². The molecule has 0 aromatic heterocycles. The highest BCUT2D eigenvalue weighted by Crippen LogP contribution is 2.26. The molecule has 1 heterocycles. The smallest absolute Gasteiger partial charge is 0.256 e. The number of piperazine rings is 1. The van der Waals surface area contributed by atoms with Gasteiger partial charge in [-0.3, -0.25) is 9.69 Å². The number of hydrogen-bond acceptors (Lipinski definition) is 2. The van der Waals surface area contributed by atoms with Crippen LogP contribution in [-0.4, -0.2) is 47.9 Å². The topological polar surface area (TPSA) is 23.6 Å². The Morgan fingerprint density at radius 3 is 2.28 bits per heavy atom. The molecule has 5 heteroatoms. The lowest BCUT2D eigenvalue weighted by Crippen LogP contribution is -2.52. The second-order valence-electron chi connectivity index (χ2n) is 6.78. The number of benzene rings is 2. The molecule has 1 fully saturated rings. The first-order chi connectivity index (χ1) is 12.1. The lowest BCUT2D eigenvalue weighted by atomic mass is 10.1. The van der Waals surface area contributed by atoms with Crippen LogP contribution in [-0.2, 0) is 12.8 Å². The molecule has 25 heavy (non-hydrogen) atoms. The highest BCUT2D eigenvalue weighted by Gasteiger charge is 2.31. The van der Waals surface area contributed by atoms with E-state index in [2.05, 4.69) is 29.2 Å². The molecule has 2 aromatic rings. The van der Waals surface area contributed by atoms with E-state index >= 15 is 0 Å². The maximum atomic E-state index is 13.9. The molecule has 4 rings (SSSR count). The fourth-order valence-electron chi connectivity index (χ4n) is 3.92. The molecule has 130 valence electrons.